The first-order chi connectivity index (χ1) is 6.63. The van der Waals surface area contributed by atoms with Crippen molar-refractivity contribution in [2.45, 2.75) is 19.3 Å². The van der Waals surface area contributed by atoms with Crippen molar-refractivity contribution < 1.29 is 8.78 Å². The van der Waals surface area contributed by atoms with E-state index in [2.05, 4.69) is 0 Å². The molecule has 74 valence electrons. The van der Waals surface area contributed by atoms with Gasteiger partial charge in [-0.25, -0.2) is 8.78 Å². The molecule has 0 aliphatic carbocycles. The van der Waals surface area contributed by atoms with Crippen molar-refractivity contribution >= 4 is 11.6 Å². The van der Waals surface area contributed by atoms with Crippen molar-refractivity contribution in [1.82, 2.24) is 0 Å². The molecule has 4 heteroatoms. The first-order valence-corrected chi connectivity index (χ1v) is 4.45. The minimum Gasteiger partial charge on any atom is -0.205 e. The summed E-state index contributed by atoms with van der Waals surface area (Å²) in [5.74, 6) is 0. The molecule has 0 bridgehead atoms. The van der Waals surface area contributed by atoms with Crippen LogP contribution in [0.3, 0.4) is 0 Å². The van der Waals surface area contributed by atoms with Crippen LogP contribution < -0.4 is 0 Å². The van der Waals surface area contributed by atoms with Gasteiger partial charge in [0, 0.05) is 17.0 Å². The third kappa shape index (κ3) is 2.97. The highest BCUT2D eigenvalue weighted by Gasteiger charge is 2.08. The van der Waals surface area contributed by atoms with Gasteiger partial charge in [0.2, 0.25) is 0 Å². The second kappa shape index (κ2) is 4.92. The van der Waals surface area contributed by atoms with E-state index in [1.54, 1.807) is 6.07 Å². The van der Waals surface area contributed by atoms with E-state index in [0.29, 0.717) is 18.4 Å². The Kier molecular flexibility index (Phi) is 3.84. The van der Waals surface area contributed by atoms with Gasteiger partial charge in [-0.05, 0) is 30.2 Å². The second-order valence-corrected chi connectivity index (χ2v) is 3.29. The number of rotatable bonds is 3. The van der Waals surface area contributed by atoms with Crippen LogP contribution >= 0.6 is 11.6 Å². The van der Waals surface area contributed by atoms with E-state index in [9.17, 15) is 8.78 Å². The lowest BCUT2D eigenvalue weighted by Crippen LogP contribution is -1.89. The minimum absolute atomic E-state index is 0.0922. The zero-order chi connectivity index (χ0) is 10.6. The fraction of sp³-hybridized carbons (Fsp3) is 0.300. The van der Waals surface area contributed by atoms with E-state index < -0.39 is 6.43 Å². The maximum atomic E-state index is 12.3. The molecule has 0 aliphatic rings. The van der Waals surface area contributed by atoms with Gasteiger partial charge in [-0.15, -0.1) is 0 Å². The van der Waals surface area contributed by atoms with Gasteiger partial charge in [0.1, 0.15) is 0 Å². The molecule has 0 radical (unpaired) electrons. The van der Waals surface area contributed by atoms with Crippen molar-refractivity contribution in [3.63, 3.8) is 0 Å². The van der Waals surface area contributed by atoms with Gasteiger partial charge in [0.15, 0.2) is 0 Å². The molecule has 14 heavy (non-hydrogen) atoms. The molecular weight excluding hydrogens is 208 g/mol. The Bertz CT molecular complexity index is 358. The van der Waals surface area contributed by atoms with Crippen LogP contribution in [0, 0.1) is 11.3 Å². The van der Waals surface area contributed by atoms with Crippen molar-refractivity contribution in [2.75, 3.05) is 0 Å². The van der Waals surface area contributed by atoms with E-state index in [-0.39, 0.29) is 10.6 Å². The Balaban J connectivity index is 2.90. The quantitative estimate of drug-likeness (QED) is 0.754. The molecular formula is C10H8ClF2N. The van der Waals surface area contributed by atoms with Crippen molar-refractivity contribution in [1.29, 1.82) is 5.26 Å². The van der Waals surface area contributed by atoms with Crippen molar-refractivity contribution in [3.8, 4) is 6.07 Å². The molecule has 1 aromatic rings. The van der Waals surface area contributed by atoms with Gasteiger partial charge in [-0.1, -0.05) is 11.6 Å². The Morgan fingerprint density at radius 3 is 2.64 bits per heavy atom. The zero-order valence-corrected chi connectivity index (χ0v) is 8.06. The normalized spacial score (nSPS) is 10.2. The highest BCUT2D eigenvalue weighted by atomic mass is 35.5. The average molecular weight is 216 g/mol. The van der Waals surface area contributed by atoms with Gasteiger partial charge < -0.3 is 0 Å². The van der Waals surface area contributed by atoms with Gasteiger partial charge >= 0.3 is 0 Å². The molecule has 0 aromatic heterocycles. The van der Waals surface area contributed by atoms with Crippen LogP contribution in [-0.2, 0) is 6.42 Å². The maximum absolute atomic E-state index is 12.3. The monoisotopic (exact) mass is 215 g/mol. The molecule has 0 saturated heterocycles. The average Bonchev–Trinajstić information content (AvgIpc) is 2.14. The largest absolute Gasteiger partial charge is 0.263 e. The number of benzene rings is 1. The summed E-state index contributed by atoms with van der Waals surface area (Å²) in [5.41, 5.74) is 0.583. The summed E-state index contributed by atoms with van der Waals surface area (Å²) in [6, 6.07) is 6.18. The third-order valence-corrected chi connectivity index (χ3v) is 1.98. The van der Waals surface area contributed by atoms with Crippen LogP contribution in [0.5, 0.6) is 0 Å². The first kappa shape index (κ1) is 10.9. The topological polar surface area (TPSA) is 23.8 Å². The number of hydrogen-bond acceptors (Lipinski definition) is 1. The molecule has 0 aliphatic heterocycles. The molecule has 0 unspecified atom stereocenters. The van der Waals surface area contributed by atoms with E-state index in [1.165, 1.54) is 12.1 Å². The van der Waals surface area contributed by atoms with Gasteiger partial charge in [0.25, 0.3) is 6.43 Å². The number of aryl methyl sites for hydroxylation is 1. The number of alkyl halides is 2. The second-order valence-electron chi connectivity index (χ2n) is 2.85. The van der Waals surface area contributed by atoms with Crippen LogP contribution in [0.25, 0.3) is 0 Å². The highest BCUT2D eigenvalue weighted by Crippen LogP contribution is 2.24. The van der Waals surface area contributed by atoms with Gasteiger partial charge in [-0.2, -0.15) is 5.26 Å². The third-order valence-electron chi connectivity index (χ3n) is 1.76. The number of hydrogen-bond donors (Lipinski definition) is 0. The van der Waals surface area contributed by atoms with Crippen LogP contribution in [0.4, 0.5) is 8.78 Å². The zero-order valence-electron chi connectivity index (χ0n) is 7.30. The molecule has 0 amide bonds. The van der Waals surface area contributed by atoms with E-state index in [4.69, 9.17) is 16.9 Å². The molecule has 0 spiro atoms. The number of nitriles is 1. The molecule has 0 atom stereocenters. The number of halogens is 3. The Morgan fingerprint density at radius 2 is 2.07 bits per heavy atom. The number of nitrogens with zero attached hydrogens (tertiary/aromatic N) is 1. The summed E-state index contributed by atoms with van der Waals surface area (Å²) in [6.07, 6.45) is -1.76. The van der Waals surface area contributed by atoms with Crippen LogP contribution in [-0.4, -0.2) is 0 Å². The Labute approximate surface area is 85.9 Å². The molecule has 1 rings (SSSR count). The lowest BCUT2D eigenvalue weighted by Gasteiger charge is -2.04. The summed E-state index contributed by atoms with van der Waals surface area (Å²) in [4.78, 5) is 0. The molecule has 0 saturated carbocycles. The van der Waals surface area contributed by atoms with Crippen LogP contribution in [0.1, 0.15) is 24.0 Å². The van der Waals surface area contributed by atoms with E-state index in [1.807, 2.05) is 6.07 Å². The lowest BCUT2D eigenvalue weighted by atomic mass is 10.1. The molecule has 1 aromatic carbocycles. The maximum Gasteiger partial charge on any atom is 0.263 e. The molecule has 0 N–H and O–H groups in total. The van der Waals surface area contributed by atoms with Gasteiger partial charge in [-0.3, -0.25) is 0 Å². The van der Waals surface area contributed by atoms with Crippen molar-refractivity contribution in [3.05, 3.63) is 34.3 Å². The smallest absolute Gasteiger partial charge is 0.205 e. The Morgan fingerprint density at radius 1 is 1.36 bits per heavy atom. The standard InChI is InChI=1S/C10H8ClF2N/c11-9-5-7(2-1-3-14)4-8(6-9)10(12)13/h4-6,10H,1-2H2. The summed E-state index contributed by atoms with van der Waals surface area (Å²) in [5, 5.41) is 8.63. The predicted molar refractivity (Wildman–Crippen MR) is 50.3 cm³/mol. The van der Waals surface area contributed by atoms with E-state index in [0.717, 1.165) is 0 Å². The summed E-state index contributed by atoms with van der Waals surface area (Å²) >= 11 is 5.66. The lowest BCUT2D eigenvalue weighted by molar-refractivity contribution is 0.151. The Hall–Kier alpha value is -1.14. The summed E-state index contributed by atoms with van der Waals surface area (Å²) in [7, 11) is 0. The molecule has 0 fully saturated rings. The van der Waals surface area contributed by atoms with Gasteiger partial charge in [0.05, 0.1) is 6.07 Å². The van der Waals surface area contributed by atoms with Crippen LogP contribution in [0.2, 0.25) is 5.02 Å². The predicted octanol–water partition coefficient (Wildman–Crippen LogP) is 3.73. The summed E-state index contributed by atoms with van der Waals surface area (Å²) < 4.78 is 24.7. The van der Waals surface area contributed by atoms with Crippen molar-refractivity contribution in [2.24, 2.45) is 0 Å². The fourth-order valence-corrected chi connectivity index (χ4v) is 1.41. The first-order valence-electron chi connectivity index (χ1n) is 4.08. The fourth-order valence-electron chi connectivity index (χ4n) is 1.15. The molecule has 0 heterocycles. The molecule has 1 nitrogen and oxygen atoms in total. The highest BCUT2D eigenvalue weighted by molar-refractivity contribution is 6.30. The summed E-state index contributed by atoms with van der Waals surface area (Å²) in [6.45, 7) is 0. The SMILES string of the molecule is N#CCCc1cc(Cl)cc(C(F)F)c1. The van der Waals surface area contributed by atoms with Crippen LogP contribution in [0.15, 0.2) is 18.2 Å². The van der Waals surface area contributed by atoms with E-state index >= 15 is 0 Å². The minimum atomic E-state index is -2.52.